The lowest BCUT2D eigenvalue weighted by atomic mass is 10.0. The lowest BCUT2D eigenvalue weighted by Crippen LogP contribution is -2.15. The van der Waals surface area contributed by atoms with Crippen LogP contribution in [0.3, 0.4) is 0 Å². The molecule has 0 saturated heterocycles. The normalized spacial score (nSPS) is 10.6. The van der Waals surface area contributed by atoms with Crippen LogP contribution in [-0.2, 0) is 11.2 Å². The van der Waals surface area contributed by atoms with Gasteiger partial charge in [-0.05, 0) is 35.0 Å². The Morgan fingerprint density at radius 2 is 1.83 bits per heavy atom. The van der Waals surface area contributed by atoms with E-state index in [2.05, 4.69) is 5.32 Å². The van der Waals surface area contributed by atoms with Crippen molar-refractivity contribution >= 4 is 34.0 Å². The van der Waals surface area contributed by atoms with Crippen LogP contribution in [-0.4, -0.2) is 18.1 Å². The highest BCUT2D eigenvalue weighted by Crippen LogP contribution is 2.29. The van der Waals surface area contributed by atoms with Gasteiger partial charge in [-0.3, -0.25) is 4.79 Å². The summed E-state index contributed by atoms with van der Waals surface area (Å²) in [5.74, 6) is 0.340. The zero-order chi connectivity index (χ0) is 17.1. The Kier molecular flexibility index (Phi) is 4.58. The summed E-state index contributed by atoms with van der Waals surface area (Å²) in [6.07, 6.45) is 0.0580. The van der Waals surface area contributed by atoms with Gasteiger partial charge in [0.2, 0.25) is 5.91 Å². The third-order valence-corrected chi connectivity index (χ3v) is 3.97. The van der Waals surface area contributed by atoms with Crippen LogP contribution in [0.5, 0.6) is 11.5 Å². The van der Waals surface area contributed by atoms with Crippen molar-refractivity contribution in [2.24, 2.45) is 0 Å². The Hall–Kier alpha value is -2.72. The zero-order valence-corrected chi connectivity index (χ0v) is 13.8. The Bertz CT molecular complexity index is 908. The molecule has 24 heavy (non-hydrogen) atoms. The highest BCUT2D eigenvalue weighted by Gasteiger charge is 2.12. The molecule has 0 radical (unpaired) electrons. The van der Waals surface area contributed by atoms with Crippen LogP contribution in [0.4, 0.5) is 5.69 Å². The van der Waals surface area contributed by atoms with Gasteiger partial charge in [0.05, 0.1) is 19.2 Å². The first-order chi connectivity index (χ1) is 11.6. The summed E-state index contributed by atoms with van der Waals surface area (Å²) in [4.78, 5) is 12.3. The molecule has 0 spiro atoms. The number of halogens is 1. The molecule has 0 heterocycles. The van der Waals surface area contributed by atoms with Crippen LogP contribution in [0.15, 0.2) is 54.6 Å². The van der Waals surface area contributed by atoms with Crippen molar-refractivity contribution in [3.05, 3.63) is 65.2 Å². The largest absolute Gasteiger partial charge is 0.508 e. The monoisotopic (exact) mass is 341 g/mol. The molecule has 4 nitrogen and oxygen atoms in total. The molecule has 5 heteroatoms. The van der Waals surface area contributed by atoms with Crippen molar-refractivity contribution in [3.63, 3.8) is 0 Å². The first-order valence-electron chi connectivity index (χ1n) is 7.41. The fourth-order valence-corrected chi connectivity index (χ4v) is 2.71. The van der Waals surface area contributed by atoms with E-state index in [0.29, 0.717) is 22.0 Å². The number of nitrogens with one attached hydrogen (secondary N) is 1. The number of hydrogen-bond acceptors (Lipinski definition) is 3. The molecule has 122 valence electrons. The van der Waals surface area contributed by atoms with E-state index >= 15 is 0 Å². The van der Waals surface area contributed by atoms with Gasteiger partial charge in [-0.2, -0.15) is 0 Å². The number of benzene rings is 3. The molecule has 0 fully saturated rings. The third kappa shape index (κ3) is 3.44. The van der Waals surface area contributed by atoms with Gasteiger partial charge in [0.15, 0.2) is 0 Å². The van der Waals surface area contributed by atoms with Gasteiger partial charge in [-0.15, -0.1) is 0 Å². The zero-order valence-electron chi connectivity index (χ0n) is 13.0. The summed E-state index contributed by atoms with van der Waals surface area (Å²) >= 11 is 5.91. The minimum atomic E-state index is -0.249. The van der Waals surface area contributed by atoms with Gasteiger partial charge in [0.1, 0.15) is 11.5 Å². The first-order valence-corrected chi connectivity index (χ1v) is 7.78. The second-order valence-electron chi connectivity index (χ2n) is 5.40. The van der Waals surface area contributed by atoms with Crippen molar-refractivity contribution in [3.8, 4) is 11.5 Å². The van der Waals surface area contributed by atoms with Crippen LogP contribution < -0.4 is 10.1 Å². The summed E-state index contributed by atoms with van der Waals surface area (Å²) in [5.41, 5.74) is 1.10. The predicted molar refractivity (Wildman–Crippen MR) is 96.0 cm³/mol. The molecule has 3 aromatic carbocycles. The lowest BCUT2D eigenvalue weighted by molar-refractivity contribution is -0.115. The minimum absolute atomic E-state index is 0.0580. The third-order valence-electron chi connectivity index (χ3n) is 3.74. The maximum absolute atomic E-state index is 12.3. The van der Waals surface area contributed by atoms with E-state index < -0.39 is 0 Å². The number of carbonyl (C=O) groups is 1. The van der Waals surface area contributed by atoms with Crippen LogP contribution in [0.25, 0.3) is 10.8 Å². The number of amides is 1. The molecule has 0 unspecified atom stereocenters. The molecule has 0 aromatic heterocycles. The van der Waals surface area contributed by atoms with E-state index in [-0.39, 0.29) is 18.1 Å². The van der Waals surface area contributed by atoms with Crippen LogP contribution in [0.1, 0.15) is 5.56 Å². The van der Waals surface area contributed by atoms with Crippen LogP contribution in [0.2, 0.25) is 5.02 Å². The molecule has 1 amide bonds. The van der Waals surface area contributed by atoms with Crippen molar-refractivity contribution in [2.75, 3.05) is 12.4 Å². The van der Waals surface area contributed by atoms with Gasteiger partial charge in [0.25, 0.3) is 0 Å². The van der Waals surface area contributed by atoms with Crippen molar-refractivity contribution in [2.45, 2.75) is 6.42 Å². The van der Waals surface area contributed by atoms with Crippen molar-refractivity contribution < 1.29 is 14.6 Å². The summed E-state index contributed by atoms with van der Waals surface area (Å²) < 4.78 is 5.21. The van der Waals surface area contributed by atoms with Crippen LogP contribution >= 0.6 is 11.6 Å². The first kappa shape index (κ1) is 16.1. The van der Waals surface area contributed by atoms with E-state index in [1.807, 2.05) is 30.3 Å². The second kappa shape index (κ2) is 6.81. The second-order valence-corrected chi connectivity index (χ2v) is 5.83. The predicted octanol–water partition coefficient (Wildman–Crippen LogP) is 4.39. The standard InChI is InChI=1S/C19H16ClNO3/c1-24-18-11-15(20)6-7-16(18)21-19(23)10-14-8-12-4-2-3-5-13(12)9-17(14)22/h2-9,11,22H,10H2,1H3,(H,21,23). The van der Waals surface area contributed by atoms with E-state index in [9.17, 15) is 9.90 Å². The average Bonchev–Trinajstić information content (AvgIpc) is 2.57. The number of aromatic hydroxyl groups is 1. The van der Waals surface area contributed by atoms with Gasteiger partial charge in [-0.25, -0.2) is 0 Å². The molecule has 0 bridgehead atoms. The molecule has 0 aliphatic heterocycles. The van der Waals surface area contributed by atoms with Crippen molar-refractivity contribution in [1.29, 1.82) is 0 Å². The summed E-state index contributed by atoms with van der Waals surface area (Å²) in [5, 5.41) is 15.3. The van der Waals surface area contributed by atoms with Gasteiger partial charge >= 0.3 is 0 Å². The SMILES string of the molecule is COc1cc(Cl)ccc1NC(=O)Cc1cc2ccccc2cc1O. The Morgan fingerprint density at radius 1 is 1.12 bits per heavy atom. The number of ether oxygens (including phenoxy) is 1. The lowest BCUT2D eigenvalue weighted by Gasteiger charge is -2.11. The number of rotatable bonds is 4. The Morgan fingerprint density at radius 3 is 2.54 bits per heavy atom. The van der Waals surface area contributed by atoms with E-state index in [4.69, 9.17) is 16.3 Å². The number of carbonyl (C=O) groups excluding carboxylic acids is 1. The average molecular weight is 342 g/mol. The van der Waals surface area contributed by atoms with Gasteiger partial charge in [0, 0.05) is 16.7 Å². The molecular weight excluding hydrogens is 326 g/mol. The number of methoxy groups -OCH3 is 1. The maximum atomic E-state index is 12.3. The Balaban J connectivity index is 1.81. The summed E-state index contributed by atoms with van der Waals surface area (Å²) in [7, 11) is 1.51. The number of hydrogen-bond donors (Lipinski definition) is 2. The molecule has 0 aliphatic rings. The maximum Gasteiger partial charge on any atom is 0.229 e. The molecule has 3 aromatic rings. The minimum Gasteiger partial charge on any atom is -0.508 e. The molecule has 0 aliphatic carbocycles. The number of fused-ring (bicyclic) bond motifs is 1. The molecule has 0 saturated carbocycles. The van der Waals surface area contributed by atoms with E-state index in [0.717, 1.165) is 10.8 Å². The Labute approximate surface area is 144 Å². The molecule has 0 atom stereocenters. The highest BCUT2D eigenvalue weighted by atomic mass is 35.5. The number of phenolic OH excluding ortho intramolecular Hbond substituents is 1. The highest BCUT2D eigenvalue weighted by molar-refractivity contribution is 6.30. The topological polar surface area (TPSA) is 58.6 Å². The number of anilines is 1. The fraction of sp³-hybridized carbons (Fsp3) is 0.105. The fourth-order valence-electron chi connectivity index (χ4n) is 2.55. The number of phenols is 1. The van der Waals surface area contributed by atoms with Gasteiger partial charge in [-0.1, -0.05) is 35.9 Å². The quantitative estimate of drug-likeness (QED) is 0.740. The van der Waals surface area contributed by atoms with E-state index in [1.165, 1.54) is 7.11 Å². The van der Waals surface area contributed by atoms with Crippen molar-refractivity contribution in [1.82, 2.24) is 0 Å². The summed E-state index contributed by atoms with van der Waals surface area (Å²) in [6.45, 7) is 0. The molecule has 3 rings (SSSR count). The van der Waals surface area contributed by atoms with Crippen LogP contribution in [0, 0.1) is 0 Å². The van der Waals surface area contributed by atoms with E-state index in [1.54, 1.807) is 24.3 Å². The molecular formula is C19H16ClNO3. The smallest absolute Gasteiger partial charge is 0.229 e. The molecule has 2 N–H and O–H groups in total. The summed E-state index contributed by atoms with van der Waals surface area (Å²) in [6, 6.07) is 16.2. The van der Waals surface area contributed by atoms with Gasteiger partial charge < -0.3 is 15.2 Å².